The van der Waals surface area contributed by atoms with Gasteiger partial charge in [0.25, 0.3) is 5.56 Å². The highest BCUT2D eigenvalue weighted by atomic mass is 32.1. The molecule has 3 aromatic rings. The lowest BCUT2D eigenvalue weighted by Crippen LogP contribution is -2.41. The number of hydrogen-bond donors (Lipinski definition) is 2. The fraction of sp³-hybridized carbons (Fsp3) is 0.278. The van der Waals surface area contributed by atoms with E-state index in [4.69, 9.17) is 5.73 Å². The molecule has 136 valence electrons. The number of hydrogen-bond acceptors (Lipinski definition) is 6. The molecule has 0 saturated carbocycles. The molecule has 2 aromatic heterocycles. The summed E-state index contributed by atoms with van der Waals surface area (Å²) in [7, 11) is 0. The van der Waals surface area contributed by atoms with E-state index in [0.29, 0.717) is 17.4 Å². The Bertz CT molecular complexity index is 1020. The van der Waals surface area contributed by atoms with Crippen molar-refractivity contribution in [2.75, 3.05) is 17.6 Å². The average Bonchev–Trinajstić information content (AvgIpc) is 3.08. The van der Waals surface area contributed by atoms with Crippen molar-refractivity contribution < 1.29 is 0 Å². The Morgan fingerprint density at radius 2 is 1.88 bits per heavy atom. The van der Waals surface area contributed by atoms with Crippen molar-refractivity contribution >= 4 is 22.3 Å². The smallest absolute Gasteiger partial charge is 0.332 e. The number of nitrogens with one attached hydrogen (secondary N) is 1. The third-order valence-corrected chi connectivity index (χ3v) is 4.86. The summed E-state index contributed by atoms with van der Waals surface area (Å²) in [5, 5.41) is 5.61. The Hall–Kier alpha value is -2.87. The van der Waals surface area contributed by atoms with E-state index >= 15 is 0 Å². The number of nitrogens with zero attached hydrogens (tertiary/aromatic N) is 3. The Morgan fingerprint density at radius 1 is 1.15 bits per heavy atom. The minimum atomic E-state index is -0.412. The molecule has 7 nitrogen and oxygen atoms in total. The molecule has 0 radical (unpaired) electrons. The minimum Gasteiger partial charge on any atom is -0.384 e. The number of aromatic nitrogens is 3. The van der Waals surface area contributed by atoms with Crippen molar-refractivity contribution in [3.8, 4) is 11.3 Å². The molecular formula is C18H21N5O2S. The topological polar surface area (TPSA) is 94.9 Å². The summed E-state index contributed by atoms with van der Waals surface area (Å²) < 4.78 is 2.63. The summed E-state index contributed by atoms with van der Waals surface area (Å²) >= 11 is 1.40. The Morgan fingerprint density at radius 3 is 2.54 bits per heavy atom. The summed E-state index contributed by atoms with van der Waals surface area (Å²) in [5.74, 6) is 0.141. The highest BCUT2D eigenvalue weighted by molar-refractivity contribution is 7.14. The zero-order chi connectivity index (χ0) is 18.7. The maximum absolute atomic E-state index is 12.8. The third-order valence-electron chi connectivity index (χ3n) is 4.06. The van der Waals surface area contributed by atoms with Crippen LogP contribution >= 0.6 is 11.3 Å². The Balaban J connectivity index is 2.19. The van der Waals surface area contributed by atoms with Crippen molar-refractivity contribution in [3.05, 3.63) is 62.1 Å². The van der Waals surface area contributed by atoms with E-state index in [1.165, 1.54) is 20.5 Å². The van der Waals surface area contributed by atoms with Gasteiger partial charge in [-0.25, -0.2) is 9.78 Å². The Labute approximate surface area is 154 Å². The minimum absolute atomic E-state index is 0.141. The summed E-state index contributed by atoms with van der Waals surface area (Å²) in [6.45, 7) is 5.03. The summed E-state index contributed by atoms with van der Waals surface area (Å²) in [4.78, 5) is 30.0. The van der Waals surface area contributed by atoms with E-state index in [-0.39, 0.29) is 17.9 Å². The lowest BCUT2D eigenvalue weighted by atomic mass is 10.2. The molecule has 0 saturated heterocycles. The molecule has 0 aliphatic heterocycles. The molecule has 26 heavy (non-hydrogen) atoms. The van der Waals surface area contributed by atoms with Gasteiger partial charge in [-0.2, -0.15) is 0 Å². The van der Waals surface area contributed by atoms with Crippen LogP contribution in [0.5, 0.6) is 0 Å². The van der Waals surface area contributed by atoms with E-state index in [2.05, 4.69) is 10.3 Å². The summed E-state index contributed by atoms with van der Waals surface area (Å²) in [5.41, 5.74) is 7.12. The number of thiazole rings is 1. The van der Waals surface area contributed by atoms with Crippen LogP contribution in [0.3, 0.4) is 0 Å². The monoisotopic (exact) mass is 371 g/mol. The second-order valence-corrected chi connectivity index (χ2v) is 6.59. The lowest BCUT2D eigenvalue weighted by molar-refractivity contribution is 0.606. The molecule has 0 fully saturated rings. The number of benzene rings is 1. The van der Waals surface area contributed by atoms with Crippen LogP contribution in [-0.2, 0) is 13.1 Å². The van der Waals surface area contributed by atoms with Crippen LogP contribution in [0.2, 0.25) is 0 Å². The SMILES string of the molecule is CCNc1nc(-c2c(N)n(Cc3ccccc3)c(=O)n(CC)c2=O)cs1. The van der Waals surface area contributed by atoms with Crippen molar-refractivity contribution in [1.29, 1.82) is 0 Å². The maximum atomic E-state index is 12.8. The molecule has 0 aliphatic rings. The quantitative estimate of drug-likeness (QED) is 0.693. The second kappa shape index (κ2) is 7.57. The van der Waals surface area contributed by atoms with Gasteiger partial charge in [0.2, 0.25) is 0 Å². The zero-order valence-electron chi connectivity index (χ0n) is 14.7. The van der Waals surface area contributed by atoms with Gasteiger partial charge in [0, 0.05) is 18.5 Å². The third kappa shape index (κ3) is 3.28. The van der Waals surface area contributed by atoms with Crippen molar-refractivity contribution in [3.63, 3.8) is 0 Å². The highest BCUT2D eigenvalue weighted by Crippen LogP contribution is 2.26. The van der Waals surface area contributed by atoms with Crippen molar-refractivity contribution in [2.24, 2.45) is 0 Å². The van der Waals surface area contributed by atoms with E-state index in [0.717, 1.165) is 12.1 Å². The maximum Gasteiger partial charge on any atom is 0.332 e. The first-order valence-corrected chi connectivity index (χ1v) is 9.31. The van der Waals surface area contributed by atoms with E-state index in [9.17, 15) is 9.59 Å². The van der Waals surface area contributed by atoms with E-state index in [1.54, 1.807) is 12.3 Å². The van der Waals surface area contributed by atoms with Gasteiger partial charge in [0.1, 0.15) is 11.4 Å². The van der Waals surface area contributed by atoms with Crippen LogP contribution in [-0.4, -0.2) is 20.7 Å². The van der Waals surface area contributed by atoms with Gasteiger partial charge >= 0.3 is 5.69 Å². The molecule has 1 aromatic carbocycles. The van der Waals surface area contributed by atoms with Gasteiger partial charge < -0.3 is 11.1 Å². The predicted octanol–water partition coefficient (Wildman–Crippen LogP) is 2.22. The van der Waals surface area contributed by atoms with Gasteiger partial charge in [-0.05, 0) is 19.4 Å². The highest BCUT2D eigenvalue weighted by Gasteiger charge is 2.20. The van der Waals surface area contributed by atoms with Crippen LogP contribution < -0.4 is 22.3 Å². The first-order chi connectivity index (χ1) is 12.6. The first-order valence-electron chi connectivity index (χ1n) is 8.43. The van der Waals surface area contributed by atoms with Gasteiger partial charge in [-0.3, -0.25) is 13.9 Å². The summed E-state index contributed by atoms with van der Waals surface area (Å²) in [6.07, 6.45) is 0. The van der Waals surface area contributed by atoms with Crippen molar-refractivity contribution in [2.45, 2.75) is 26.9 Å². The van der Waals surface area contributed by atoms with Crippen LogP contribution in [0.25, 0.3) is 11.3 Å². The molecule has 0 unspecified atom stereocenters. The number of rotatable bonds is 6. The molecular weight excluding hydrogens is 350 g/mol. The number of nitrogens with two attached hydrogens (primary N) is 1. The predicted molar refractivity (Wildman–Crippen MR) is 106 cm³/mol. The zero-order valence-corrected chi connectivity index (χ0v) is 15.5. The molecule has 3 rings (SSSR count). The van der Waals surface area contributed by atoms with Crippen LogP contribution in [0, 0.1) is 0 Å². The van der Waals surface area contributed by atoms with Crippen LogP contribution in [0.15, 0.2) is 45.3 Å². The van der Waals surface area contributed by atoms with Gasteiger partial charge in [-0.15, -0.1) is 11.3 Å². The molecule has 8 heteroatoms. The van der Waals surface area contributed by atoms with Crippen LogP contribution in [0.1, 0.15) is 19.4 Å². The molecule has 3 N–H and O–H groups in total. The van der Waals surface area contributed by atoms with Crippen LogP contribution in [0.4, 0.5) is 10.9 Å². The molecule has 0 bridgehead atoms. The fourth-order valence-corrected chi connectivity index (χ4v) is 3.55. The number of nitrogen functional groups attached to an aromatic ring is 1. The van der Waals surface area contributed by atoms with Gasteiger partial charge in [0.05, 0.1) is 12.2 Å². The van der Waals surface area contributed by atoms with Gasteiger partial charge in [-0.1, -0.05) is 30.3 Å². The molecule has 0 aliphatic carbocycles. The normalized spacial score (nSPS) is 10.8. The second-order valence-electron chi connectivity index (χ2n) is 5.73. The van der Waals surface area contributed by atoms with Gasteiger partial charge in [0.15, 0.2) is 5.13 Å². The molecule has 0 spiro atoms. The van der Waals surface area contributed by atoms with E-state index in [1.807, 2.05) is 37.3 Å². The Kier molecular flexibility index (Phi) is 5.22. The molecule has 2 heterocycles. The fourth-order valence-electron chi connectivity index (χ4n) is 2.77. The molecule has 0 amide bonds. The lowest BCUT2D eigenvalue weighted by Gasteiger charge is -2.15. The largest absolute Gasteiger partial charge is 0.384 e. The van der Waals surface area contributed by atoms with E-state index < -0.39 is 11.2 Å². The van der Waals surface area contributed by atoms with Crippen molar-refractivity contribution in [1.82, 2.24) is 14.1 Å². The molecule has 0 atom stereocenters. The average molecular weight is 371 g/mol. The first kappa shape index (κ1) is 17.9. The summed E-state index contributed by atoms with van der Waals surface area (Å²) in [6, 6.07) is 9.54. The number of anilines is 2. The standard InChI is InChI=1S/C18H21N5O2S/c1-3-20-17-21-13(11-26-17)14-15(19)23(10-12-8-6-5-7-9-12)18(25)22(4-2)16(14)24/h5-9,11H,3-4,10,19H2,1-2H3,(H,20,21).